The fourth-order valence-corrected chi connectivity index (χ4v) is 3.06. The maximum absolute atomic E-state index is 13.5. The summed E-state index contributed by atoms with van der Waals surface area (Å²) in [6, 6.07) is 6.64. The predicted octanol–water partition coefficient (Wildman–Crippen LogP) is 4.05. The van der Waals surface area contributed by atoms with Crippen molar-refractivity contribution in [3.8, 4) is 0 Å². The average Bonchev–Trinajstić information content (AvgIpc) is 2.81. The highest BCUT2D eigenvalue weighted by atomic mass is 19.4. The first-order valence-corrected chi connectivity index (χ1v) is 7.27. The molecule has 0 spiro atoms. The van der Waals surface area contributed by atoms with Crippen LogP contribution in [-0.4, -0.2) is 21.7 Å². The summed E-state index contributed by atoms with van der Waals surface area (Å²) >= 11 is 0. The maximum atomic E-state index is 13.5. The normalized spacial score (nSPS) is 20.7. The van der Waals surface area contributed by atoms with Crippen molar-refractivity contribution in [3.05, 3.63) is 47.2 Å². The lowest BCUT2D eigenvalue weighted by atomic mass is 9.96. The topological polar surface area (TPSA) is 46.9 Å². The molecule has 3 rings (SSSR count). The highest BCUT2D eigenvalue weighted by molar-refractivity contribution is 6.00. The number of fused-ring (bicyclic) bond motifs is 1. The van der Waals surface area contributed by atoms with E-state index in [1.807, 2.05) is 6.07 Å². The van der Waals surface area contributed by atoms with E-state index < -0.39 is 18.3 Å². The van der Waals surface area contributed by atoms with E-state index in [4.69, 9.17) is 0 Å². The minimum absolute atomic E-state index is 0.150. The number of halogens is 3. The highest BCUT2D eigenvalue weighted by Crippen LogP contribution is 2.44. The first kappa shape index (κ1) is 15.6. The fourth-order valence-electron chi connectivity index (χ4n) is 3.06. The molecular weight excluding hydrogens is 307 g/mol. The Balaban J connectivity index is 2.12. The van der Waals surface area contributed by atoms with Gasteiger partial charge in [0.1, 0.15) is 5.82 Å². The summed E-state index contributed by atoms with van der Waals surface area (Å²) in [5, 5.41) is 7.03. The molecule has 0 aliphatic carbocycles. The average molecular weight is 323 g/mol. The molecule has 1 aliphatic heterocycles. The Morgan fingerprint density at radius 3 is 2.52 bits per heavy atom. The summed E-state index contributed by atoms with van der Waals surface area (Å²) in [4.78, 5) is 11.8. The van der Waals surface area contributed by atoms with Gasteiger partial charge in [-0.25, -0.2) is 4.68 Å². The van der Waals surface area contributed by atoms with E-state index in [-0.39, 0.29) is 23.6 Å². The Morgan fingerprint density at radius 2 is 1.96 bits per heavy atom. The van der Waals surface area contributed by atoms with Gasteiger partial charge in [0.25, 0.3) is 0 Å². The number of anilines is 1. The van der Waals surface area contributed by atoms with Crippen molar-refractivity contribution in [1.29, 1.82) is 0 Å². The summed E-state index contributed by atoms with van der Waals surface area (Å²) in [6.45, 7) is 2.88. The van der Waals surface area contributed by atoms with E-state index in [0.717, 1.165) is 10.2 Å². The number of hydrogen-bond donors (Lipinski definition) is 1. The molecule has 7 heteroatoms. The molecule has 2 unspecified atom stereocenters. The van der Waals surface area contributed by atoms with Crippen LogP contribution >= 0.6 is 0 Å². The molecule has 4 nitrogen and oxygen atoms in total. The third-order valence-corrected chi connectivity index (χ3v) is 4.08. The largest absolute Gasteiger partial charge is 0.410 e. The van der Waals surface area contributed by atoms with Crippen LogP contribution in [0, 0.1) is 6.92 Å². The number of carbonyl (C=O) groups excluding carboxylic acids is 1. The molecule has 122 valence electrons. The summed E-state index contributed by atoms with van der Waals surface area (Å²) in [5.41, 5.74) is 1.28. The summed E-state index contributed by atoms with van der Waals surface area (Å²) in [5.74, 6) is -0.150. The first-order chi connectivity index (χ1) is 10.8. The van der Waals surface area contributed by atoms with Crippen molar-refractivity contribution in [1.82, 2.24) is 9.78 Å². The van der Waals surface area contributed by atoms with E-state index in [9.17, 15) is 18.0 Å². The van der Waals surface area contributed by atoms with Crippen LogP contribution in [-0.2, 0) is 0 Å². The predicted molar refractivity (Wildman–Crippen MR) is 79.5 cm³/mol. The first-order valence-electron chi connectivity index (χ1n) is 7.27. The van der Waals surface area contributed by atoms with Gasteiger partial charge in [0, 0.05) is 6.42 Å². The quantitative estimate of drug-likeness (QED) is 0.848. The standard InChI is InChI=1S/C16H16F3N3O/c1-9-14(10(2)23)15-20-12(11-6-4-3-5-7-11)8-13(16(17,18)19)22(15)21-9/h3-7,12-13,20H,8H2,1-2H3. The second kappa shape index (κ2) is 5.40. The Hall–Kier alpha value is -2.31. The van der Waals surface area contributed by atoms with E-state index in [0.29, 0.717) is 5.69 Å². The summed E-state index contributed by atoms with van der Waals surface area (Å²) < 4.78 is 41.3. The van der Waals surface area contributed by atoms with Gasteiger partial charge in [0.05, 0.1) is 17.3 Å². The van der Waals surface area contributed by atoms with Gasteiger partial charge in [0.2, 0.25) is 0 Å². The molecule has 2 atom stereocenters. The lowest BCUT2D eigenvalue weighted by molar-refractivity contribution is -0.173. The molecule has 1 aromatic carbocycles. The van der Waals surface area contributed by atoms with Crippen LogP contribution in [0.15, 0.2) is 30.3 Å². The van der Waals surface area contributed by atoms with Crippen LogP contribution in [0.25, 0.3) is 0 Å². The van der Waals surface area contributed by atoms with Crippen LogP contribution < -0.4 is 5.32 Å². The number of aromatic nitrogens is 2. The summed E-state index contributed by atoms with van der Waals surface area (Å²) in [7, 11) is 0. The van der Waals surface area contributed by atoms with Gasteiger partial charge in [-0.3, -0.25) is 4.79 Å². The number of rotatable bonds is 2. The molecule has 0 fully saturated rings. The fraction of sp³-hybridized carbons (Fsp3) is 0.375. The van der Waals surface area contributed by atoms with Gasteiger partial charge < -0.3 is 5.32 Å². The van der Waals surface area contributed by atoms with E-state index in [1.165, 1.54) is 6.92 Å². The number of benzene rings is 1. The number of hydrogen-bond acceptors (Lipinski definition) is 3. The van der Waals surface area contributed by atoms with Crippen molar-refractivity contribution in [3.63, 3.8) is 0 Å². The Morgan fingerprint density at radius 1 is 1.30 bits per heavy atom. The Kier molecular flexibility index (Phi) is 3.66. The molecule has 0 saturated heterocycles. The third-order valence-electron chi connectivity index (χ3n) is 4.08. The van der Waals surface area contributed by atoms with Crippen molar-refractivity contribution >= 4 is 11.6 Å². The van der Waals surface area contributed by atoms with Crippen molar-refractivity contribution in [2.24, 2.45) is 0 Å². The molecule has 1 aliphatic rings. The zero-order valence-corrected chi connectivity index (χ0v) is 12.7. The van der Waals surface area contributed by atoms with Crippen LogP contribution in [0.1, 0.15) is 47.0 Å². The number of nitrogens with one attached hydrogen (secondary N) is 1. The molecule has 0 radical (unpaired) electrons. The second-order valence-corrected chi connectivity index (χ2v) is 5.71. The van der Waals surface area contributed by atoms with E-state index >= 15 is 0 Å². The molecule has 0 saturated carbocycles. The van der Waals surface area contributed by atoms with Gasteiger partial charge in [-0.1, -0.05) is 30.3 Å². The molecular formula is C16H16F3N3O. The van der Waals surface area contributed by atoms with Gasteiger partial charge in [-0.15, -0.1) is 0 Å². The van der Waals surface area contributed by atoms with Crippen LogP contribution in [0.5, 0.6) is 0 Å². The lowest BCUT2D eigenvalue weighted by Gasteiger charge is -2.34. The Labute approximate surface area is 131 Å². The summed E-state index contributed by atoms with van der Waals surface area (Å²) in [6.07, 6.45) is -4.60. The minimum Gasteiger partial charge on any atom is -0.363 e. The van der Waals surface area contributed by atoms with E-state index in [1.54, 1.807) is 31.2 Å². The zero-order chi connectivity index (χ0) is 16.8. The number of carbonyl (C=O) groups is 1. The molecule has 0 amide bonds. The number of aryl methyl sites for hydroxylation is 1. The Bertz CT molecular complexity index is 737. The van der Waals surface area contributed by atoms with Gasteiger partial charge >= 0.3 is 6.18 Å². The van der Waals surface area contributed by atoms with Crippen molar-refractivity contribution in [2.45, 2.75) is 38.5 Å². The highest BCUT2D eigenvalue weighted by Gasteiger charge is 2.47. The zero-order valence-electron chi connectivity index (χ0n) is 12.7. The van der Waals surface area contributed by atoms with Crippen LogP contribution in [0.4, 0.5) is 19.0 Å². The molecule has 23 heavy (non-hydrogen) atoms. The maximum Gasteiger partial charge on any atom is 0.410 e. The van der Waals surface area contributed by atoms with Gasteiger partial charge in [0.15, 0.2) is 11.8 Å². The third kappa shape index (κ3) is 2.71. The molecule has 1 N–H and O–H groups in total. The lowest BCUT2D eigenvalue weighted by Crippen LogP contribution is -2.36. The smallest absolute Gasteiger partial charge is 0.363 e. The van der Waals surface area contributed by atoms with Crippen molar-refractivity contribution in [2.75, 3.05) is 5.32 Å². The minimum atomic E-state index is -4.43. The number of Topliss-reactive ketones (excluding diaryl/α,β-unsaturated/α-hetero) is 1. The molecule has 2 aromatic rings. The number of alkyl halides is 3. The van der Waals surface area contributed by atoms with Crippen molar-refractivity contribution < 1.29 is 18.0 Å². The monoisotopic (exact) mass is 323 g/mol. The molecule has 0 bridgehead atoms. The second-order valence-electron chi connectivity index (χ2n) is 5.71. The number of nitrogens with zero attached hydrogens (tertiary/aromatic N) is 2. The molecule has 2 heterocycles. The SMILES string of the molecule is CC(=O)c1c(C)nn2c1NC(c1ccccc1)CC2C(F)(F)F. The number of ketones is 1. The van der Waals surface area contributed by atoms with Crippen LogP contribution in [0.3, 0.4) is 0 Å². The molecule has 1 aromatic heterocycles. The van der Waals surface area contributed by atoms with Gasteiger partial charge in [-0.2, -0.15) is 18.3 Å². The van der Waals surface area contributed by atoms with Gasteiger partial charge in [-0.05, 0) is 19.4 Å². The van der Waals surface area contributed by atoms with Crippen LogP contribution in [0.2, 0.25) is 0 Å². The van der Waals surface area contributed by atoms with E-state index in [2.05, 4.69) is 10.4 Å².